The van der Waals surface area contributed by atoms with Crippen LogP contribution in [0.3, 0.4) is 0 Å². The smallest absolute Gasteiger partial charge is 0.306 e. The minimum atomic E-state index is -0.680. The molecule has 0 aliphatic carbocycles. The standard InChI is InChI=1S/C36H68O4/c1-2-3-4-5-6-7-8-9-13-16-19-22-25-28-31-34(36(39)40)32-29-26-23-20-17-14-11-10-12-15-18-21-24-27-30-33-35(37)38/h10,12,34H,2-9,11,13-33H2,1H3,(H,37,38)(H,39,40)/b12-10-. The van der Waals surface area contributed by atoms with Gasteiger partial charge in [0.1, 0.15) is 0 Å². The van der Waals surface area contributed by atoms with Gasteiger partial charge in [0.2, 0.25) is 0 Å². The summed E-state index contributed by atoms with van der Waals surface area (Å²) in [7, 11) is 0. The predicted octanol–water partition coefficient (Wildman–Crippen LogP) is 12.1. The Balaban J connectivity index is 3.44. The molecular weight excluding hydrogens is 496 g/mol. The summed E-state index contributed by atoms with van der Waals surface area (Å²) >= 11 is 0. The Hall–Kier alpha value is -1.32. The van der Waals surface area contributed by atoms with Crippen LogP contribution in [0.25, 0.3) is 0 Å². The second kappa shape index (κ2) is 32.2. The molecule has 1 unspecified atom stereocenters. The van der Waals surface area contributed by atoms with Gasteiger partial charge < -0.3 is 10.2 Å². The first-order valence-corrected chi connectivity index (χ1v) is 17.7. The zero-order valence-electron chi connectivity index (χ0n) is 26.7. The summed E-state index contributed by atoms with van der Waals surface area (Å²) < 4.78 is 0. The van der Waals surface area contributed by atoms with Gasteiger partial charge in [0.05, 0.1) is 5.92 Å². The summed E-state index contributed by atoms with van der Waals surface area (Å²) in [6.07, 6.45) is 40.4. The number of aliphatic carboxylic acids is 2. The highest BCUT2D eigenvalue weighted by molar-refractivity contribution is 5.69. The lowest BCUT2D eigenvalue weighted by Crippen LogP contribution is -2.13. The molecule has 1 atom stereocenters. The van der Waals surface area contributed by atoms with E-state index in [1.54, 1.807) is 0 Å². The third-order valence-electron chi connectivity index (χ3n) is 8.36. The molecule has 4 nitrogen and oxygen atoms in total. The van der Waals surface area contributed by atoms with Crippen molar-refractivity contribution >= 4 is 11.9 Å². The van der Waals surface area contributed by atoms with Gasteiger partial charge in [-0.1, -0.05) is 160 Å². The van der Waals surface area contributed by atoms with Crippen molar-refractivity contribution in [3.8, 4) is 0 Å². The first-order valence-electron chi connectivity index (χ1n) is 17.7. The van der Waals surface area contributed by atoms with Crippen molar-refractivity contribution in [2.75, 3.05) is 0 Å². The average Bonchev–Trinajstić information content (AvgIpc) is 2.93. The molecule has 0 saturated heterocycles. The van der Waals surface area contributed by atoms with Crippen molar-refractivity contribution in [1.29, 1.82) is 0 Å². The van der Waals surface area contributed by atoms with Crippen molar-refractivity contribution in [1.82, 2.24) is 0 Å². The molecule has 0 amide bonds. The number of hydrogen-bond donors (Lipinski definition) is 2. The highest BCUT2D eigenvalue weighted by Gasteiger charge is 2.16. The van der Waals surface area contributed by atoms with E-state index in [0.29, 0.717) is 6.42 Å². The molecule has 0 aliphatic rings. The van der Waals surface area contributed by atoms with E-state index in [2.05, 4.69) is 19.1 Å². The number of allylic oxidation sites excluding steroid dienone is 2. The Morgan fingerprint density at radius 2 is 0.800 bits per heavy atom. The zero-order chi connectivity index (χ0) is 29.4. The summed E-state index contributed by atoms with van der Waals surface area (Å²) in [6.45, 7) is 2.28. The van der Waals surface area contributed by atoms with Gasteiger partial charge in [-0.2, -0.15) is 0 Å². The van der Waals surface area contributed by atoms with E-state index in [-0.39, 0.29) is 5.92 Å². The van der Waals surface area contributed by atoms with Crippen molar-refractivity contribution in [2.45, 2.75) is 200 Å². The zero-order valence-corrected chi connectivity index (χ0v) is 26.7. The van der Waals surface area contributed by atoms with Gasteiger partial charge in [0.15, 0.2) is 0 Å². The minimum absolute atomic E-state index is 0.132. The normalized spacial score (nSPS) is 12.3. The summed E-state index contributed by atoms with van der Waals surface area (Å²) in [6, 6.07) is 0. The minimum Gasteiger partial charge on any atom is -0.481 e. The van der Waals surface area contributed by atoms with E-state index >= 15 is 0 Å². The molecule has 0 aliphatic heterocycles. The van der Waals surface area contributed by atoms with E-state index < -0.39 is 11.9 Å². The number of hydrogen-bond acceptors (Lipinski definition) is 2. The van der Waals surface area contributed by atoms with Gasteiger partial charge in [-0.15, -0.1) is 0 Å². The van der Waals surface area contributed by atoms with Crippen LogP contribution < -0.4 is 0 Å². The van der Waals surface area contributed by atoms with Crippen LogP contribution in [0.4, 0.5) is 0 Å². The van der Waals surface area contributed by atoms with Gasteiger partial charge in [-0.05, 0) is 44.9 Å². The van der Waals surface area contributed by atoms with Gasteiger partial charge in [0, 0.05) is 6.42 Å². The lowest BCUT2D eigenvalue weighted by atomic mass is 9.94. The Morgan fingerprint density at radius 1 is 0.475 bits per heavy atom. The highest BCUT2D eigenvalue weighted by atomic mass is 16.4. The molecule has 4 heteroatoms. The van der Waals surface area contributed by atoms with Gasteiger partial charge in [-0.25, -0.2) is 0 Å². The maximum Gasteiger partial charge on any atom is 0.306 e. The van der Waals surface area contributed by atoms with Crippen molar-refractivity contribution in [2.24, 2.45) is 5.92 Å². The van der Waals surface area contributed by atoms with Gasteiger partial charge in [0.25, 0.3) is 0 Å². The number of carboxylic acids is 2. The first kappa shape index (κ1) is 38.7. The summed E-state index contributed by atoms with van der Waals surface area (Å²) in [4.78, 5) is 22.1. The van der Waals surface area contributed by atoms with Crippen molar-refractivity contribution in [3.05, 3.63) is 12.2 Å². The van der Waals surface area contributed by atoms with Crippen LogP contribution in [-0.4, -0.2) is 22.2 Å². The quantitative estimate of drug-likeness (QED) is 0.0614. The Morgan fingerprint density at radius 3 is 1.15 bits per heavy atom. The van der Waals surface area contributed by atoms with E-state index in [1.807, 2.05) is 0 Å². The summed E-state index contributed by atoms with van der Waals surface area (Å²) in [5.41, 5.74) is 0. The molecule has 0 aromatic carbocycles. The Bertz CT molecular complexity index is 571. The van der Waals surface area contributed by atoms with E-state index in [4.69, 9.17) is 5.11 Å². The number of carbonyl (C=O) groups is 2. The molecule has 0 bridgehead atoms. The third kappa shape index (κ3) is 31.2. The van der Waals surface area contributed by atoms with Crippen LogP contribution in [-0.2, 0) is 9.59 Å². The molecule has 2 N–H and O–H groups in total. The second-order valence-corrected chi connectivity index (χ2v) is 12.3. The number of unbranched alkanes of at least 4 members (excludes halogenated alkanes) is 24. The first-order chi connectivity index (χ1) is 19.6. The number of carboxylic acid groups (broad SMARTS) is 2. The molecule has 0 radical (unpaired) electrons. The Labute approximate surface area is 249 Å². The number of rotatable bonds is 33. The van der Waals surface area contributed by atoms with E-state index in [9.17, 15) is 14.7 Å². The lowest BCUT2D eigenvalue weighted by molar-refractivity contribution is -0.142. The fourth-order valence-electron chi connectivity index (χ4n) is 5.64. The molecule has 0 aromatic heterocycles. The van der Waals surface area contributed by atoms with Gasteiger partial charge in [-0.3, -0.25) is 9.59 Å². The predicted molar refractivity (Wildman–Crippen MR) is 172 cm³/mol. The van der Waals surface area contributed by atoms with Crippen LogP contribution in [0.15, 0.2) is 12.2 Å². The fourth-order valence-corrected chi connectivity index (χ4v) is 5.64. The average molecular weight is 565 g/mol. The third-order valence-corrected chi connectivity index (χ3v) is 8.36. The molecular formula is C36H68O4. The van der Waals surface area contributed by atoms with Gasteiger partial charge >= 0.3 is 11.9 Å². The molecule has 0 heterocycles. The van der Waals surface area contributed by atoms with Crippen LogP contribution in [0, 0.1) is 5.92 Å². The monoisotopic (exact) mass is 565 g/mol. The van der Waals surface area contributed by atoms with Crippen LogP contribution in [0.2, 0.25) is 0 Å². The van der Waals surface area contributed by atoms with Crippen molar-refractivity contribution in [3.63, 3.8) is 0 Å². The molecule has 236 valence electrons. The SMILES string of the molecule is CCCCCCCCCCCCCCCCC(CCCCCCCC/C=C\CCCCCCCC(=O)O)C(=O)O. The molecule has 0 spiro atoms. The van der Waals surface area contributed by atoms with E-state index in [1.165, 1.54) is 135 Å². The Kier molecular flexibility index (Phi) is 31.1. The summed E-state index contributed by atoms with van der Waals surface area (Å²) in [5, 5.41) is 18.2. The highest BCUT2D eigenvalue weighted by Crippen LogP contribution is 2.20. The topological polar surface area (TPSA) is 74.6 Å². The summed E-state index contributed by atoms with van der Waals surface area (Å²) in [5.74, 6) is -1.40. The van der Waals surface area contributed by atoms with Crippen molar-refractivity contribution < 1.29 is 19.8 Å². The molecule has 0 aromatic rings. The molecule has 40 heavy (non-hydrogen) atoms. The van der Waals surface area contributed by atoms with E-state index in [0.717, 1.165) is 51.4 Å². The maximum atomic E-state index is 11.7. The molecule has 0 rings (SSSR count). The maximum absolute atomic E-state index is 11.7. The van der Waals surface area contributed by atoms with Crippen LogP contribution in [0.5, 0.6) is 0 Å². The molecule has 0 saturated carbocycles. The molecule has 0 fully saturated rings. The fraction of sp³-hybridized carbons (Fsp3) is 0.889. The lowest BCUT2D eigenvalue weighted by Gasteiger charge is -2.12. The largest absolute Gasteiger partial charge is 0.481 e. The second-order valence-electron chi connectivity index (χ2n) is 12.3. The van der Waals surface area contributed by atoms with Crippen LogP contribution >= 0.6 is 0 Å². The van der Waals surface area contributed by atoms with Crippen LogP contribution in [0.1, 0.15) is 200 Å².